The summed E-state index contributed by atoms with van der Waals surface area (Å²) in [5.41, 5.74) is 11.6. The number of rotatable bonds is 5. The highest BCUT2D eigenvalue weighted by Crippen LogP contribution is 2.17. The van der Waals surface area contributed by atoms with Gasteiger partial charge in [0.25, 0.3) is 5.91 Å². The van der Waals surface area contributed by atoms with Crippen LogP contribution in [0.5, 0.6) is 0 Å². The van der Waals surface area contributed by atoms with Crippen molar-refractivity contribution in [2.75, 3.05) is 11.9 Å². The summed E-state index contributed by atoms with van der Waals surface area (Å²) in [7, 11) is 0. The van der Waals surface area contributed by atoms with Crippen molar-refractivity contribution < 1.29 is 4.79 Å². The Bertz CT molecular complexity index is 376. The lowest BCUT2D eigenvalue weighted by Crippen LogP contribution is -2.33. The smallest absolute Gasteiger partial charge is 0.267 e. The molecule has 0 aromatic carbocycles. The Morgan fingerprint density at radius 1 is 1.56 bits per heavy atom. The fraction of sp³-hybridized carbons (Fsp3) is 0.455. The summed E-state index contributed by atoms with van der Waals surface area (Å²) in [4.78, 5) is 14.8. The first-order chi connectivity index (χ1) is 7.44. The van der Waals surface area contributed by atoms with E-state index in [1.807, 2.05) is 13.8 Å². The highest BCUT2D eigenvalue weighted by Gasteiger charge is 2.16. The zero-order valence-electron chi connectivity index (χ0n) is 9.66. The molecular formula is C11H18N4O. The monoisotopic (exact) mass is 222 g/mol. The molecule has 1 aromatic heterocycles. The van der Waals surface area contributed by atoms with Crippen LogP contribution in [0.4, 0.5) is 5.69 Å². The van der Waals surface area contributed by atoms with Crippen LogP contribution < -0.4 is 16.8 Å². The van der Waals surface area contributed by atoms with Crippen molar-refractivity contribution in [3.63, 3.8) is 0 Å². The lowest BCUT2D eigenvalue weighted by molar-refractivity contribution is 0.0995. The number of nitrogens with zero attached hydrogens (tertiary/aromatic N) is 1. The Kier molecular flexibility index (Phi) is 3.84. The molecule has 1 aromatic rings. The van der Waals surface area contributed by atoms with Crippen molar-refractivity contribution in [2.24, 2.45) is 11.5 Å². The van der Waals surface area contributed by atoms with Crippen molar-refractivity contribution in [1.82, 2.24) is 4.98 Å². The maximum Gasteiger partial charge on any atom is 0.267 e. The van der Waals surface area contributed by atoms with Gasteiger partial charge in [-0.15, -0.1) is 0 Å². The van der Waals surface area contributed by atoms with E-state index in [9.17, 15) is 4.79 Å². The predicted octanol–water partition coefficient (Wildman–Crippen LogP) is 0.720. The van der Waals surface area contributed by atoms with Crippen LogP contribution >= 0.6 is 0 Å². The second-order valence-electron chi connectivity index (χ2n) is 4.34. The van der Waals surface area contributed by atoms with Crippen LogP contribution in [0.15, 0.2) is 18.3 Å². The molecule has 0 atom stereocenters. The normalized spacial score (nSPS) is 11.2. The van der Waals surface area contributed by atoms with Crippen LogP contribution in [-0.4, -0.2) is 23.0 Å². The number of hydrogen-bond donors (Lipinski definition) is 3. The molecule has 0 spiro atoms. The van der Waals surface area contributed by atoms with Gasteiger partial charge in [-0.3, -0.25) is 9.78 Å². The van der Waals surface area contributed by atoms with Gasteiger partial charge in [0.1, 0.15) is 5.69 Å². The second kappa shape index (κ2) is 4.94. The number of carbonyl (C=O) groups is 1. The average molecular weight is 222 g/mol. The number of aromatic nitrogens is 1. The molecule has 1 heterocycles. The first-order valence-electron chi connectivity index (χ1n) is 5.19. The molecule has 16 heavy (non-hydrogen) atoms. The van der Waals surface area contributed by atoms with E-state index in [1.165, 1.54) is 0 Å². The molecule has 88 valence electrons. The quantitative estimate of drug-likeness (QED) is 0.684. The third-order valence-electron chi connectivity index (χ3n) is 2.26. The summed E-state index contributed by atoms with van der Waals surface area (Å²) in [6, 6.07) is 3.44. The van der Waals surface area contributed by atoms with E-state index in [4.69, 9.17) is 11.5 Å². The topological polar surface area (TPSA) is 94.0 Å². The van der Waals surface area contributed by atoms with Crippen molar-refractivity contribution in [1.29, 1.82) is 0 Å². The highest BCUT2D eigenvalue weighted by atomic mass is 16.1. The maximum atomic E-state index is 11.0. The van der Waals surface area contributed by atoms with E-state index in [1.54, 1.807) is 18.3 Å². The van der Waals surface area contributed by atoms with Crippen LogP contribution in [-0.2, 0) is 0 Å². The van der Waals surface area contributed by atoms with E-state index in [2.05, 4.69) is 10.3 Å². The van der Waals surface area contributed by atoms with Crippen LogP contribution in [0.25, 0.3) is 0 Å². The summed E-state index contributed by atoms with van der Waals surface area (Å²) < 4.78 is 0. The van der Waals surface area contributed by atoms with Gasteiger partial charge in [-0.1, -0.05) is 0 Å². The minimum absolute atomic E-state index is 0.120. The molecule has 0 aliphatic carbocycles. The zero-order chi connectivity index (χ0) is 12.2. The van der Waals surface area contributed by atoms with E-state index in [-0.39, 0.29) is 11.2 Å². The lowest BCUT2D eigenvalue weighted by Gasteiger charge is -2.27. The van der Waals surface area contributed by atoms with Gasteiger partial charge in [0.15, 0.2) is 0 Å². The highest BCUT2D eigenvalue weighted by molar-refractivity contribution is 5.91. The number of hydrogen-bond acceptors (Lipinski definition) is 4. The third-order valence-corrected chi connectivity index (χ3v) is 2.26. The molecule has 0 bridgehead atoms. The van der Waals surface area contributed by atoms with Crippen molar-refractivity contribution in [3.8, 4) is 0 Å². The molecule has 0 aliphatic rings. The minimum atomic E-state index is -0.528. The maximum absolute atomic E-state index is 11.0. The number of amides is 1. The number of carbonyl (C=O) groups excluding carboxylic acids is 1. The zero-order valence-corrected chi connectivity index (χ0v) is 9.66. The minimum Gasteiger partial charge on any atom is -0.380 e. The molecule has 1 amide bonds. The molecule has 5 N–H and O–H groups in total. The van der Waals surface area contributed by atoms with E-state index >= 15 is 0 Å². The Hall–Kier alpha value is -1.62. The van der Waals surface area contributed by atoms with E-state index in [0.29, 0.717) is 6.54 Å². The van der Waals surface area contributed by atoms with Crippen LogP contribution in [0, 0.1) is 0 Å². The number of anilines is 1. The third kappa shape index (κ3) is 3.51. The van der Waals surface area contributed by atoms with Gasteiger partial charge in [0.05, 0.1) is 0 Å². The molecule has 0 unspecified atom stereocenters. The Balaban J connectivity index is 2.81. The second-order valence-corrected chi connectivity index (χ2v) is 4.34. The molecule has 1 rings (SSSR count). The van der Waals surface area contributed by atoms with Gasteiger partial charge in [-0.2, -0.15) is 0 Å². The Morgan fingerprint density at radius 2 is 2.25 bits per heavy atom. The van der Waals surface area contributed by atoms with Gasteiger partial charge < -0.3 is 16.8 Å². The van der Waals surface area contributed by atoms with Gasteiger partial charge >= 0.3 is 0 Å². The molecule has 5 heteroatoms. The number of nitrogens with one attached hydrogen (secondary N) is 1. The van der Waals surface area contributed by atoms with E-state index in [0.717, 1.165) is 12.1 Å². The summed E-state index contributed by atoms with van der Waals surface area (Å²) in [6.07, 6.45) is 2.39. The summed E-state index contributed by atoms with van der Waals surface area (Å²) in [6.45, 7) is 4.70. The van der Waals surface area contributed by atoms with Crippen LogP contribution in [0.1, 0.15) is 30.8 Å². The Labute approximate surface area is 95.2 Å². The van der Waals surface area contributed by atoms with Crippen molar-refractivity contribution in [2.45, 2.75) is 25.8 Å². The Morgan fingerprint density at radius 3 is 2.81 bits per heavy atom. The lowest BCUT2D eigenvalue weighted by atomic mass is 10.0. The molecule has 0 saturated carbocycles. The van der Waals surface area contributed by atoms with Crippen molar-refractivity contribution in [3.05, 3.63) is 24.0 Å². The number of pyridine rings is 1. The van der Waals surface area contributed by atoms with Gasteiger partial charge in [0, 0.05) is 17.4 Å². The van der Waals surface area contributed by atoms with Crippen LogP contribution in [0.3, 0.4) is 0 Å². The standard InChI is InChI=1S/C11H18N4O/c1-11(2,4-5-12)15-8-3-6-14-9(7-8)10(13)16/h3,6-7H,4-5,12H2,1-2H3,(H2,13,16)(H,14,15). The summed E-state index contributed by atoms with van der Waals surface area (Å²) in [5.74, 6) is -0.528. The van der Waals surface area contributed by atoms with Gasteiger partial charge in [-0.25, -0.2) is 0 Å². The molecule has 0 fully saturated rings. The number of nitrogens with two attached hydrogens (primary N) is 2. The van der Waals surface area contributed by atoms with Gasteiger partial charge in [-0.05, 0) is 38.9 Å². The summed E-state index contributed by atoms with van der Waals surface area (Å²) >= 11 is 0. The van der Waals surface area contributed by atoms with Gasteiger partial charge in [0.2, 0.25) is 0 Å². The van der Waals surface area contributed by atoms with E-state index < -0.39 is 5.91 Å². The van der Waals surface area contributed by atoms with Crippen LogP contribution in [0.2, 0.25) is 0 Å². The molecular weight excluding hydrogens is 204 g/mol. The molecule has 0 aliphatic heterocycles. The first-order valence-corrected chi connectivity index (χ1v) is 5.19. The fourth-order valence-corrected chi connectivity index (χ4v) is 1.46. The van der Waals surface area contributed by atoms with Crippen molar-refractivity contribution >= 4 is 11.6 Å². The average Bonchev–Trinajstić information content (AvgIpc) is 2.17. The fourth-order valence-electron chi connectivity index (χ4n) is 1.46. The molecule has 0 saturated heterocycles. The SMILES string of the molecule is CC(C)(CCN)Nc1ccnc(C(N)=O)c1. The first kappa shape index (κ1) is 12.4. The predicted molar refractivity (Wildman–Crippen MR) is 64.1 cm³/mol. The number of primary amides is 1. The largest absolute Gasteiger partial charge is 0.380 e. The summed E-state index contributed by atoms with van der Waals surface area (Å²) in [5, 5.41) is 3.29. The molecule has 0 radical (unpaired) electrons. The molecule has 5 nitrogen and oxygen atoms in total.